The van der Waals surface area contributed by atoms with Crippen LogP contribution in [0, 0.1) is 0 Å². The van der Waals surface area contributed by atoms with E-state index in [1.807, 2.05) is 0 Å². The molecule has 20 heavy (non-hydrogen) atoms. The molecule has 2 rings (SSSR count). The minimum absolute atomic E-state index is 0.0783. The molecule has 0 fully saturated rings. The highest BCUT2D eigenvalue weighted by molar-refractivity contribution is 5.81. The fourth-order valence-corrected chi connectivity index (χ4v) is 1.57. The third-order valence-electron chi connectivity index (χ3n) is 2.62. The van der Waals surface area contributed by atoms with Gasteiger partial charge >= 0.3 is 0 Å². The monoisotopic (exact) mass is 286 g/mol. The van der Waals surface area contributed by atoms with Crippen LogP contribution in [0.1, 0.15) is 0 Å². The van der Waals surface area contributed by atoms with Gasteiger partial charge in [0.25, 0.3) is 0 Å². The molecule has 0 aromatic carbocycles. The maximum atomic E-state index is 9.74. The molecule has 1 aliphatic carbocycles. The lowest BCUT2D eigenvalue weighted by Gasteiger charge is -2.14. The number of hydrogen-bond acceptors (Lipinski definition) is 8. The Hall–Kier alpha value is -3.30. The van der Waals surface area contributed by atoms with E-state index < -0.39 is 45.6 Å². The second kappa shape index (κ2) is 4.12. The van der Waals surface area contributed by atoms with Crippen molar-refractivity contribution in [3.63, 3.8) is 0 Å². The van der Waals surface area contributed by atoms with Crippen molar-refractivity contribution in [3.05, 3.63) is 12.4 Å². The number of nitrogens with zero attached hydrogens (tertiary/aromatic N) is 2. The number of aromatic nitrogens is 2. The summed E-state index contributed by atoms with van der Waals surface area (Å²) in [4.78, 5) is 0.157. The Bertz CT molecular complexity index is 655. The van der Waals surface area contributed by atoms with Crippen molar-refractivity contribution in [2.24, 2.45) is 0 Å². The molecular formula is C10H10N2O8. The molecule has 0 unspecified atom stereocenters. The number of aromatic hydroxyl groups is 6. The fourth-order valence-electron chi connectivity index (χ4n) is 1.57. The number of hydrogen-bond donors (Lipinski definition) is 8. The van der Waals surface area contributed by atoms with E-state index in [2.05, 4.69) is 0 Å². The smallest absolute Gasteiger partial charge is 0.208 e. The molecular weight excluding hydrogens is 276 g/mol. The Morgan fingerprint density at radius 3 is 1.05 bits per heavy atom. The standard InChI is InChI=1S/C10H10N2O8/c13-5-3-1-11(19)12(20)2-4(3)6(14)8(16)10(18)9(17)7(5)15/h1-2,13-20H. The van der Waals surface area contributed by atoms with Crippen LogP contribution < -0.4 is 0 Å². The zero-order chi connectivity index (χ0) is 15.2. The van der Waals surface area contributed by atoms with E-state index >= 15 is 0 Å². The predicted octanol–water partition coefficient (Wildman–Crippen LogP) is 0.227. The van der Waals surface area contributed by atoms with Crippen LogP contribution in [0.3, 0.4) is 0 Å². The number of rotatable bonds is 0. The molecule has 0 atom stereocenters. The van der Waals surface area contributed by atoms with Gasteiger partial charge in [0, 0.05) is 0 Å². The van der Waals surface area contributed by atoms with E-state index in [0.29, 0.717) is 12.4 Å². The largest absolute Gasteiger partial charge is 0.504 e. The summed E-state index contributed by atoms with van der Waals surface area (Å²) in [5.41, 5.74) is -0.892. The second-order valence-electron chi connectivity index (χ2n) is 3.82. The van der Waals surface area contributed by atoms with Gasteiger partial charge in [0.1, 0.15) is 0 Å². The van der Waals surface area contributed by atoms with Crippen LogP contribution in [0.15, 0.2) is 12.4 Å². The third kappa shape index (κ3) is 1.67. The summed E-state index contributed by atoms with van der Waals surface area (Å²) in [7, 11) is 0. The van der Waals surface area contributed by atoms with Crippen LogP contribution in [0.25, 0.3) is 11.1 Å². The van der Waals surface area contributed by atoms with Crippen LogP contribution >= 0.6 is 0 Å². The molecule has 8 N–H and O–H groups in total. The first-order chi connectivity index (χ1) is 9.25. The van der Waals surface area contributed by atoms with Crippen LogP contribution in [0.4, 0.5) is 0 Å². The van der Waals surface area contributed by atoms with Crippen molar-refractivity contribution in [1.29, 1.82) is 0 Å². The highest BCUT2D eigenvalue weighted by Gasteiger charge is 2.24. The maximum absolute atomic E-state index is 9.74. The summed E-state index contributed by atoms with van der Waals surface area (Å²) in [6.45, 7) is 0. The minimum Gasteiger partial charge on any atom is -0.504 e. The van der Waals surface area contributed by atoms with Crippen LogP contribution in [0.2, 0.25) is 0 Å². The van der Waals surface area contributed by atoms with Gasteiger partial charge in [-0.2, -0.15) is 0 Å². The zero-order valence-corrected chi connectivity index (χ0v) is 9.63. The zero-order valence-electron chi connectivity index (χ0n) is 9.63. The predicted molar refractivity (Wildman–Crippen MR) is 61.0 cm³/mol. The van der Waals surface area contributed by atoms with Crippen molar-refractivity contribution in [3.8, 4) is 45.6 Å². The van der Waals surface area contributed by atoms with Crippen molar-refractivity contribution in [2.75, 3.05) is 0 Å². The Morgan fingerprint density at radius 2 is 0.750 bits per heavy atom. The van der Waals surface area contributed by atoms with E-state index in [0.717, 1.165) is 0 Å². The summed E-state index contributed by atoms with van der Waals surface area (Å²) in [6.07, 6.45) is 1.33. The Balaban J connectivity index is 3.14. The topological polar surface area (TPSA) is 172 Å². The van der Waals surface area contributed by atoms with Gasteiger partial charge in [-0.25, -0.2) is 0 Å². The van der Waals surface area contributed by atoms with Crippen LogP contribution in [-0.4, -0.2) is 50.7 Å². The molecule has 0 bridgehead atoms. The first-order valence-corrected chi connectivity index (χ1v) is 5.04. The number of fused-ring (bicyclic) bond motifs is 1. The first-order valence-electron chi connectivity index (χ1n) is 5.04. The average molecular weight is 286 g/mol. The molecule has 0 saturated heterocycles. The molecule has 0 aromatic rings. The molecule has 0 amide bonds. The van der Waals surface area contributed by atoms with E-state index in [1.165, 1.54) is 0 Å². The minimum atomic E-state index is -1.29. The molecule has 0 radical (unpaired) electrons. The molecule has 0 spiro atoms. The lowest BCUT2D eigenvalue weighted by Crippen LogP contribution is -2.11. The molecule has 1 heterocycles. The second-order valence-corrected chi connectivity index (χ2v) is 3.82. The van der Waals surface area contributed by atoms with Gasteiger partial charge in [-0.05, 0) is 0 Å². The maximum Gasteiger partial charge on any atom is 0.208 e. The molecule has 0 saturated carbocycles. The Morgan fingerprint density at radius 1 is 0.500 bits per heavy atom. The van der Waals surface area contributed by atoms with Gasteiger partial charge in [-0.15, -0.1) is 0 Å². The highest BCUT2D eigenvalue weighted by Crippen LogP contribution is 2.52. The van der Waals surface area contributed by atoms with Gasteiger partial charge < -0.3 is 41.1 Å². The van der Waals surface area contributed by atoms with E-state index in [-0.39, 0.29) is 9.69 Å². The van der Waals surface area contributed by atoms with Crippen LogP contribution in [-0.2, 0) is 0 Å². The van der Waals surface area contributed by atoms with Gasteiger partial charge in [0.15, 0.2) is 11.5 Å². The third-order valence-corrected chi connectivity index (χ3v) is 2.62. The summed E-state index contributed by atoms with van der Waals surface area (Å²) < 4.78 is 0. The molecule has 10 nitrogen and oxygen atoms in total. The Labute approximate surface area is 110 Å². The lowest BCUT2D eigenvalue weighted by molar-refractivity contribution is -0.0168. The van der Waals surface area contributed by atoms with E-state index in [9.17, 15) is 41.1 Å². The summed E-state index contributed by atoms with van der Waals surface area (Å²) in [5.74, 6) is -7.04. The normalized spacial score (nSPS) is 10.6. The van der Waals surface area contributed by atoms with E-state index in [4.69, 9.17) is 0 Å². The molecule has 10 heteroatoms. The molecule has 2 aliphatic rings. The fraction of sp³-hybridized carbons (Fsp3) is 0. The highest BCUT2D eigenvalue weighted by atomic mass is 16.6. The van der Waals surface area contributed by atoms with Crippen LogP contribution in [0.5, 0.6) is 34.5 Å². The summed E-state index contributed by atoms with van der Waals surface area (Å²) >= 11 is 0. The Kier molecular flexibility index (Phi) is 2.71. The summed E-state index contributed by atoms with van der Waals surface area (Å²) in [6, 6.07) is 0. The van der Waals surface area contributed by atoms with Gasteiger partial charge in [-0.1, -0.05) is 9.69 Å². The molecule has 0 aromatic heterocycles. The average Bonchev–Trinajstić information content (AvgIpc) is 2.44. The van der Waals surface area contributed by atoms with Crippen molar-refractivity contribution in [2.45, 2.75) is 0 Å². The first kappa shape index (κ1) is 13.1. The SMILES string of the molecule is Oc1c2cn(O)n(O)cc-2c(O)c(O)c(O)c(O)c1O. The van der Waals surface area contributed by atoms with Gasteiger partial charge in [0.2, 0.25) is 23.0 Å². The van der Waals surface area contributed by atoms with Gasteiger partial charge in [0.05, 0.1) is 23.5 Å². The lowest BCUT2D eigenvalue weighted by atomic mass is 10.1. The quantitative estimate of drug-likeness (QED) is 0.318. The molecule has 1 aliphatic heterocycles. The van der Waals surface area contributed by atoms with Crippen molar-refractivity contribution >= 4 is 0 Å². The van der Waals surface area contributed by atoms with Crippen molar-refractivity contribution < 1.29 is 41.1 Å². The van der Waals surface area contributed by atoms with Gasteiger partial charge in [-0.3, -0.25) is 0 Å². The summed E-state index contributed by atoms with van der Waals surface area (Å²) in [5, 5.41) is 75.8. The van der Waals surface area contributed by atoms with Crippen molar-refractivity contribution in [1.82, 2.24) is 9.69 Å². The van der Waals surface area contributed by atoms with E-state index in [1.54, 1.807) is 0 Å². The molecule has 108 valence electrons.